The summed E-state index contributed by atoms with van der Waals surface area (Å²) in [4.78, 5) is 16.3. The first-order valence-corrected chi connectivity index (χ1v) is 7.79. The maximum Gasteiger partial charge on any atom is 0.223 e. The molecule has 0 aliphatic heterocycles. The van der Waals surface area contributed by atoms with Gasteiger partial charge in [-0.3, -0.25) is 4.79 Å². The molecule has 0 bridgehead atoms. The van der Waals surface area contributed by atoms with Crippen molar-refractivity contribution in [3.63, 3.8) is 0 Å². The van der Waals surface area contributed by atoms with Gasteiger partial charge in [0.2, 0.25) is 5.91 Å². The molecule has 0 atom stereocenters. The standard InChI is InChI=1S/C17H23N3O/c1-11(2)16-19-14-10-12(4-7-15(14)20(16)3)8-9-18-17(21)13-5-6-13/h4,7,10-11,13H,5-6,8-9H2,1-3H3,(H,18,21). The zero-order valence-corrected chi connectivity index (χ0v) is 13.0. The van der Waals surface area contributed by atoms with Crippen molar-refractivity contribution in [1.82, 2.24) is 14.9 Å². The number of fused-ring (bicyclic) bond motifs is 1. The van der Waals surface area contributed by atoms with Crippen molar-refractivity contribution in [2.24, 2.45) is 13.0 Å². The Kier molecular flexibility index (Phi) is 3.70. The topological polar surface area (TPSA) is 46.9 Å². The van der Waals surface area contributed by atoms with Gasteiger partial charge in [-0.1, -0.05) is 19.9 Å². The molecule has 1 fully saturated rings. The molecule has 1 aromatic heterocycles. The highest BCUT2D eigenvalue weighted by molar-refractivity contribution is 5.81. The molecular formula is C17H23N3O. The van der Waals surface area contributed by atoms with Crippen molar-refractivity contribution in [1.29, 1.82) is 0 Å². The van der Waals surface area contributed by atoms with Crippen LogP contribution in [0.4, 0.5) is 0 Å². The van der Waals surface area contributed by atoms with Gasteiger partial charge < -0.3 is 9.88 Å². The molecule has 0 unspecified atom stereocenters. The number of hydrogen-bond acceptors (Lipinski definition) is 2. The van der Waals surface area contributed by atoms with Crippen LogP contribution in [0.3, 0.4) is 0 Å². The minimum absolute atomic E-state index is 0.219. The van der Waals surface area contributed by atoms with E-state index in [2.05, 4.69) is 49.0 Å². The van der Waals surface area contributed by atoms with Gasteiger partial charge >= 0.3 is 0 Å². The molecule has 2 aromatic rings. The van der Waals surface area contributed by atoms with Crippen LogP contribution in [0.15, 0.2) is 18.2 Å². The fourth-order valence-electron chi connectivity index (χ4n) is 2.76. The van der Waals surface area contributed by atoms with E-state index in [0.29, 0.717) is 12.5 Å². The predicted octanol–water partition coefficient (Wildman–Crippen LogP) is 2.77. The Morgan fingerprint density at radius 3 is 2.86 bits per heavy atom. The van der Waals surface area contributed by atoms with Gasteiger partial charge in [-0.2, -0.15) is 0 Å². The second kappa shape index (κ2) is 5.51. The molecule has 1 heterocycles. The molecule has 0 spiro atoms. The molecule has 1 aliphatic rings. The first kappa shape index (κ1) is 14.1. The van der Waals surface area contributed by atoms with E-state index in [1.807, 2.05) is 0 Å². The summed E-state index contributed by atoms with van der Waals surface area (Å²) in [5, 5.41) is 3.01. The molecular weight excluding hydrogens is 262 g/mol. The van der Waals surface area contributed by atoms with Gasteiger partial charge in [0.05, 0.1) is 11.0 Å². The number of carbonyl (C=O) groups is 1. The molecule has 21 heavy (non-hydrogen) atoms. The lowest BCUT2D eigenvalue weighted by Crippen LogP contribution is -2.26. The molecule has 3 rings (SSSR count). The number of amides is 1. The van der Waals surface area contributed by atoms with Crippen molar-refractivity contribution in [2.45, 2.75) is 39.0 Å². The summed E-state index contributed by atoms with van der Waals surface area (Å²) in [7, 11) is 2.07. The normalized spacial score (nSPS) is 14.9. The van der Waals surface area contributed by atoms with E-state index in [1.165, 1.54) is 11.1 Å². The lowest BCUT2D eigenvalue weighted by molar-refractivity contribution is -0.122. The summed E-state index contributed by atoms with van der Waals surface area (Å²) in [6.45, 7) is 5.04. The maximum atomic E-state index is 11.6. The van der Waals surface area contributed by atoms with Gasteiger partial charge in [-0.25, -0.2) is 4.98 Å². The summed E-state index contributed by atoms with van der Waals surface area (Å²) in [6, 6.07) is 6.41. The average molecular weight is 285 g/mol. The van der Waals surface area contributed by atoms with Crippen LogP contribution in [0, 0.1) is 5.92 Å². The zero-order valence-electron chi connectivity index (χ0n) is 13.0. The van der Waals surface area contributed by atoms with Crippen molar-refractivity contribution in [2.75, 3.05) is 6.54 Å². The highest BCUT2D eigenvalue weighted by Crippen LogP contribution is 2.28. The Bertz CT molecular complexity index is 668. The van der Waals surface area contributed by atoms with Crippen LogP contribution in [0.2, 0.25) is 0 Å². The van der Waals surface area contributed by atoms with Crippen molar-refractivity contribution < 1.29 is 4.79 Å². The van der Waals surface area contributed by atoms with Crippen LogP contribution in [-0.4, -0.2) is 22.0 Å². The van der Waals surface area contributed by atoms with Gasteiger partial charge in [-0.15, -0.1) is 0 Å². The average Bonchev–Trinajstić information content (AvgIpc) is 3.24. The van der Waals surface area contributed by atoms with E-state index in [9.17, 15) is 4.79 Å². The molecule has 1 aromatic carbocycles. The van der Waals surface area contributed by atoms with Crippen LogP contribution in [0.1, 0.15) is 44.0 Å². The third-order valence-electron chi connectivity index (χ3n) is 4.16. The van der Waals surface area contributed by atoms with Crippen LogP contribution in [0.5, 0.6) is 0 Å². The van der Waals surface area contributed by atoms with Gasteiger partial charge in [0.15, 0.2) is 0 Å². The second-order valence-corrected chi connectivity index (χ2v) is 6.32. The largest absolute Gasteiger partial charge is 0.356 e. The Morgan fingerprint density at radius 1 is 1.43 bits per heavy atom. The van der Waals surface area contributed by atoms with Crippen molar-refractivity contribution in [3.8, 4) is 0 Å². The zero-order chi connectivity index (χ0) is 15.0. The minimum Gasteiger partial charge on any atom is -0.356 e. The molecule has 1 N–H and O–H groups in total. The van der Waals surface area contributed by atoms with Gasteiger partial charge in [-0.05, 0) is 37.0 Å². The summed E-state index contributed by atoms with van der Waals surface area (Å²) in [5.74, 6) is 2.04. The van der Waals surface area contributed by atoms with Gasteiger partial charge in [0.1, 0.15) is 5.82 Å². The number of imidazole rings is 1. The van der Waals surface area contributed by atoms with E-state index in [-0.39, 0.29) is 11.8 Å². The number of nitrogens with zero attached hydrogens (tertiary/aromatic N) is 2. The van der Waals surface area contributed by atoms with Crippen LogP contribution in [-0.2, 0) is 18.3 Å². The number of aromatic nitrogens is 2. The molecule has 0 saturated heterocycles. The van der Waals surface area contributed by atoms with Crippen LogP contribution >= 0.6 is 0 Å². The van der Waals surface area contributed by atoms with Crippen molar-refractivity contribution in [3.05, 3.63) is 29.6 Å². The van der Waals surface area contributed by atoms with E-state index in [4.69, 9.17) is 4.98 Å². The van der Waals surface area contributed by atoms with E-state index in [0.717, 1.165) is 30.6 Å². The first-order valence-electron chi connectivity index (χ1n) is 7.79. The van der Waals surface area contributed by atoms with Gasteiger partial charge in [0.25, 0.3) is 0 Å². The Morgan fingerprint density at radius 2 is 2.19 bits per heavy atom. The Labute approximate surface area is 125 Å². The monoisotopic (exact) mass is 285 g/mol. The lowest BCUT2D eigenvalue weighted by atomic mass is 10.1. The summed E-state index contributed by atoms with van der Waals surface area (Å²) >= 11 is 0. The summed E-state index contributed by atoms with van der Waals surface area (Å²) < 4.78 is 2.17. The predicted molar refractivity (Wildman–Crippen MR) is 84.2 cm³/mol. The number of nitrogens with one attached hydrogen (secondary N) is 1. The molecule has 1 aliphatic carbocycles. The van der Waals surface area contributed by atoms with Crippen molar-refractivity contribution >= 4 is 16.9 Å². The third kappa shape index (κ3) is 2.94. The molecule has 112 valence electrons. The van der Waals surface area contributed by atoms with Crippen LogP contribution in [0.25, 0.3) is 11.0 Å². The summed E-state index contributed by atoms with van der Waals surface area (Å²) in [5.41, 5.74) is 3.45. The smallest absolute Gasteiger partial charge is 0.223 e. The Balaban J connectivity index is 1.70. The summed E-state index contributed by atoms with van der Waals surface area (Å²) in [6.07, 6.45) is 2.98. The molecule has 1 amide bonds. The SMILES string of the molecule is CC(C)c1nc2cc(CCNC(=O)C3CC3)ccc2n1C. The second-order valence-electron chi connectivity index (χ2n) is 6.32. The number of carbonyl (C=O) groups excluding carboxylic acids is 1. The minimum atomic E-state index is 0.219. The Hall–Kier alpha value is -1.84. The highest BCUT2D eigenvalue weighted by Gasteiger charge is 2.28. The molecule has 1 saturated carbocycles. The first-order chi connectivity index (χ1) is 10.1. The number of hydrogen-bond donors (Lipinski definition) is 1. The quantitative estimate of drug-likeness (QED) is 0.918. The van der Waals surface area contributed by atoms with Gasteiger partial charge in [0, 0.05) is 25.4 Å². The fraction of sp³-hybridized carbons (Fsp3) is 0.529. The molecule has 0 radical (unpaired) electrons. The maximum absolute atomic E-state index is 11.6. The molecule has 4 nitrogen and oxygen atoms in total. The lowest BCUT2D eigenvalue weighted by Gasteiger charge is -2.05. The highest BCUT2D eigenvalue weighted by atomic mass is 16.2. The number of aryl methyl sites for hydroxylation is 1. The number of benzene rings is 1. The number of rotatable bonds is 5. The fourth-order valence-corrected chi connectivity index (χ4v) is 2.76. The molecule has 4 heteroatoms. The van der Waals surface area contributed by atoms with E-state index >= 15 is 0 Å². The van der Waals surface area contributed by atoms with E-state index < -0.39 is 0 Å². The van der Waals surface area contributed by atoms with E-state index in [1.54, 1.807) is 0 Å². The van der Waals surface area contributed by atoms with Crippen LogP contribution < -0.4 is 5.32 Å². The third-order valence-corrected chi connectivity index (χ3v) is 4.16.